The third kappa shape index (κ3) is 5.01. The summed E-state index contributed by atoms with van der Waals surface area (Å²) < 4.78 is 29.8. The number of alkyl halides is 2. The minimum atomic E-state index is -2.72. The van der Waals surface area contributed by atoms with Gasteiger partial charge in [0.25, 0.3) is 5.76 Å². The molecule has 2 rings (SSSR count). The van der Waals surface area contributed by atoms with Crippen LogP contribution in [0, 0.1) is 0 Å². The molecule has 0 N–H and O–H groups in total. The van der Waals surface area contributed by atoms with Crippen LogP contribution < -0.4 is 0 Å². The van der Waals surface area contributed by atoms with Gasteiger partial charge in [0.05, 0.1) is 5.56 Å². The Balaban J connectivity index is 2.02. The van der Waals surface area contributed by atoms with E-state index in [-0.39, 0.29) is 22.4 Å². The van der Waals surface area contributed by atoms with Crippen LogP contribution >= 0.6 is 23.4 Å². The molecule has 0 aliphatic rings. The van der Waals surface area contributed by atoms with E-state index in [0.29, 0.717) is 10.6 Å². The van der Waals surface area contributed by atoms with Crippen LogP contribution in [0.1, 0.15) is 20.7 Å². The van der Waals surface area contributed by atoms with E-state index < -0.39 is 24.1 Å². The first-order valence-electron chi connectivity index (χ1n) is 6.33. The summed E-state index contributed by atoms with van der Waals surface area (Å²) in [6.45, 7) is -0.506. The molecule has 0 saturated carbocycles. The van der Waals surface area contributed by atoms with E-state index in [2.05, 4.69) is 4.98 Å². The Hall–Kier alpha value is -1.99. The van der Waals surface area contributed by atoms with Crippen molar-refractivity contribution in [3.05, 3.63) is 58.7 Å². The second-order valence-corrected chi connectivity index (χ2v) is 5.66. The summed E-state index contributed by atoms with van der Waals surface area (Å²) in [5.74, 6) is -4.03. The Morgan fingerprint density at radius 2 is 1.91 bits per heavy atom. The first-order valence-corrected chi connectivity index (χ1v) is 7.59. The van der Waals surface area contributed by atoms with Crippen LogP contribution in [0.3, 0.4) is 0 Å². The zero-order valence-corrected chi connectivity index (χ0v) is 13.1. The number of rotatable bonds is 6. The number of hydrogen-bond donors (Lipinski definition) is 0. The fourth-order valence-electron chi connectivity index (χ4n) is 1.65. The molecule has 4 nitrogen and oxygen atoms in total. The molecular weight excluding hydrogens is 348 g/mol. The number of hydrogen-bond acceptors (Lipinski definition) is 5. The van der Waals surface area contributed by atoms with Gasteiger partial charge in [0.2, 0.25) is 0 Å². The van der Waals surface area contributed by atoms with Gasteiger partial charge in [0, 0.05) is 16.8 Å². The van der Waals surface area contributed by atoms with Crippen molar-refractivity contribution in [3.8, 4) is 0 Å². The van der Waals surface area contributed by atoms with Crippen molar-refractivity contribution in [2.24, 2.45) is 0 Å². The number of nitrogens with zero attached hydrogens (tertiary/aromatic N) is 1. The lowest BCUT2D eigenvalue weighted by atomic mass is 10.1. The summed E-state index contributed by atoms with van der Waals surface area (Å²) in [6.07, 6.45) is 1.29. The van der Waals surface area contributed by atoms with E-state index in [1.165, 1.54) is 42.6 Å². The predicted molar refractivity (Wildman–Crippen MR) is 82.2 cm³/mol. The molecule has 23 heavy (non-hydrogen) atoms. The number of ether oxygens (including phenoxy) is 1. The smallest absolute Gasteiger partial charge is 0.341 e. The number of carbonyl (C=O) groups excluding carboxylic acids is 2. The zero-order chi connectivity index (χ0) is 16.8. The van der Waals surface area contributed by atoms with Gasteiger partial charge < -0.3 is 4.74 Å². The highest BCUT2D eigenvalue weighted by Gasteiger charge is 2.19. The van der Waals surface area contributed by atoms with Crippen LogP contribution in [-0.2, 0) is 4.74 Å². The summed E-state index contributed by atoms with van der Waals surface area (Å²) in [7, 11) is 0. The van der Waals surface area contributed by atoms with Crippen molar-refractivity contribution in [2.75, 3.05) is 6.61 Å². The van der Waals surface area contributed by atoms with Gasteiger partial charge >= 0.3 is 5.97 Å². The molecule has 0 saturated heterocycles. The highest BCUT2D eigenvalue weighted by molar-refractivity contribution is 7.99. The largest absolute Gasteiger partial charge is 0.454 e. The van der Waals surface area contributed by atoms with E-state index >= 15 is 0 Å². The average molecular weight is 358 g/mol. The summed E-state index contributed by atoms with van der Waals surface area (Å²) in [6, 6.07) is 8.81. The molecule has 1 heterocycles. The van der Waals surface area contributed by atoms with Crippen molar-refractivity contribution in [1.29, 1.82) is 0 Å². The molecule has 0 amide bonds. The third-order valence-corrected chi connectivity index (χ3v) is 3.67. The molecular formula is C15H10ClF2NO3S. The first kappa shape index (κ1) is 17.4. The van der Waals surface area contributed by atoms with Gasteiger partial charge in [-0.25, -0.2) is 9.78 Å². The number of pyridine rings is 1. The van der Waals surface area contributed by atoms with E-state index in [9.17, 15) is 18.4 Å². The quantitative estimate of drug-likeness (QED) is 0.443. The lowest BCUT2D eigenvalue weighted by Gasteiger charge is -2.08. The van der Waals surface area contributed by atoms with Crippen LogP contribution in [0.15, 0.2) is 47.6 Å². The molecule has 0 fully saturated rings. The van der Waals surface area contributed by atoms with Gasteiger partial charge in [-0.2, -0.15) is 8.78 Å². The van der Waals surface area contributed by atoms with E-state index in [4.69, 9.17) is 16.3 Å². The molecule has 8 heteroatoms. The normalized spacial score (nSPS) is 10.6. The van der Waals surface area contributed by atoms with Gasteiger partial charge in [-0.1, -0.05) is 11.6 Å². The molecule has 1 aromatic heterocycles. The Kier molecular flexibility index (Phi) is 6.06. The minimum absolute atomic E-state index is 0.110. The number of Topliss-reactive ketones (excluding diaryl/α,β-unsaturated/α-hetero) is 1. The average Bonchev–Trinajstić information content (AvgIpc) is 2.53. The SMILES string of the molecule is O=C(COC(=O)c1cccnc1SC(F)F)c1ccc(Cl)cc1. The topological polar surface area (TPSA) is 56.3 Å². The number of benzene rings is 1. The van der Waals surface area contributed by atoms with E-state index in [0.717, 1.165) is 0 Å². The number of thioether (sulfide) groups is 1. The van der Waals surface area contributed by atoms with Gasteiger partial charge in [0.15, 0.2) is 12.4 Å². The molecule has 120 valence electrons. The monoisotopic (exact) mass is 357 g/mol. The number of carbonyl (C=O) groups is 2. The Morgan fingerprint density at radius 1 is 1.22 bits per heavy atom. The van der Waals surface area contributed by atoms with Crippen LogP contribution in [0.4, 0.5) is 8.78 Å². The molecule has 1 aromatic carbocycles. The maximum Gasteiger partial charge on any atom is 0.341 e. The van der Waals surface area contributed by atoms with E-state index in [1.807, 2.05) is 0 Å². The molecule has 0 radical (unpaired) electrons. The van der Waals surface area contributed by atoms with Crippen molar-refractivity contribution in [2.45, 2.75) is 10.8 Å². The van der Waals surface area contributed by atoms with Gasteiger partial charge in [-0.3, -0.25) is 4.79 Å². The number of aromatic nitrogens is 1. The first-order chi connectivity index (χ1) is 11.0. The third-order valence-electron chi connectivity index (χ3n) is 2.69. The molecule has 2 aromatic rings. The summed E-state index contributed by atoms with van der Waals surface area (Å²) in [4.78, 5) is 27.6. The fraction of sp³-hybridized carbons (Fsp3) is 0.133. The number of ketones is 1. The summed E-state index contributed by atoms with van der Waals surface area (Å²) in [5, 5.41) is 0.328. The molecule has 0 bridgehead atoms. The summed E-state index contributed by atoms with van der Waals surface area (Å²) in [5.41, 5.74) is 0.220. The van der Waals surface area contributed by atoms with Crippen LogP contribution in [0.2, 0.25) is 5.02 Å². The lowest BCUT2D eigenvalue weighted by Crippen LogP contribution is -2.15. The van der Waals surface area contributed by atoms with Crippen molar-refractivity contribution in [3.63, 3.8) is 0 Å². The maximum absolute atomic E-state index is 12.4. The Morgan fingerprint density at radius 3 is 2.57 bits per heavy atom. The maximum atomic E-state index is 12.4. The number of halogens is 3. The zero-order valence-electron chi connectivity index (χ0n) is 11.5. The fourth-order valence-corrected chi connectivity index (χ4v) is 2.35. The van der Waals surface area contributed by atoms with Crippen molar-refractivity contribution in [1.82, 2.24) is 4.98 Å². The van der Waals surface area contributed by atoms with Gasteiger partial charge in [0.1, 0.15) is 5.03 Å². The molecule has 0 aliphatic carbocycles. The lowest BCUT2D eigenvalue weighted by molar-refractivity contribution is 0.0470. The molecule has 0 spiro atoms. The second-order valence-electron chi connectivity index (χ2n) is 4.24. The Labute approximate surface area is 139 Å². The van der Waals surface area contributed by atoms with E-state index in [1.54, 1.807) is 0 Å². The summed E-state index contributed by atoms with van der Waals surface area (Å²) >= 11 is 5.86. The predicted octanol–water partition coefficient (Wildman–Crippen LogP) is 4.09. The molecule has 0 atom stereocenters. The minimum Gasteiger partial charge on any atom is -0.454 e. The van der Waals surface area contributed by atoms with Crippen LogP contribution in [0.5, 0.6) is 0 Å². The second kappa shape index (κ2) is 8.03. The Bertz CT molecular complexity index is 710. The molecule has 0 unspecified atom stereocenters. The van der Waals surface area contributed by atoms with Crippen molar-refractivity contribution < 1.29 is 23.1 Å². The van der Waals surface area contributed by atoms with Crippen LogP contribution in [0.25, 0.3) is 0 Å². The van der Waals surface area contributed by atoms with Crippen LogP contribution in [-0.4, -0.2) is 29.1 Å². The van der Waals surface area contributed by atoms with Gasteiger partial charge in [-0.15, -0.1) is 0 Å². The highest BCUT2D eigenvalue weighted by atomic mass is 35.5. The number of esters is 1. The standard InChI is InChI=1S/C15H10ClF2NO3S/c16-10-5-3-9(4-6-10)12(20)8-22-14(21)11-2-1-7-19-13(11)23-15(17)18/h1-7,15H,8H2. The highest BCUT2D eigenvalue weighted by Crippen LogP contribution is 2.26. The van der Waals surface area contributed by atoms with Crippen molar-refractivity contribution >= 4 is 35.1 Å². The molecule has 0 aliphatic heterocycles. The van der Waals surface area contributed by atoms with Gasteiger partial charge in [-0.05, 0) is 48.2 Å².